The summed E-state index contributed by atoms with van der Waals surface area (Å²) in [5.41, 5.74) is -0.339. The van der Waals surface area contributed by atoms with Crippen molar-refractivity contribution in [2.45, 2.75) is 18.4 Å². The van der Waals surface area contributed by atoms with Crippen LogP contribution in [0.2, 0.25) is 0 Å². The van der Waals surface area contributed by atoms with E-state index in [1.165, 1.54) is 4.90 Å². The Kier molecular flexibility index (Phi) is 6.00. The van der Waals surface area contributed by atoms with Gasteiger partial charge in [-0.1, -0.05) is 48.5 Å². The molecule has 4 rings (SSSR count). The lowest BCUT2D eigenvalue weighted by molar-refractivity contribution is -0.149. The van der Waals surface area contributed by atoms with Gasteiger partial charge in [-0.15, -0.1) is 0 Å². The highest BCUT2D eigenvalue weighted by Gasteiger charge is 2.51. The fourth-order valence-electron chi connectivity index (χ4n) is 3.59. The van der Waals surface area contributed by atoms with Crippen molar-refractivity contribution < 1.29 is 19.4 Å². The van der Waals surface area contributed by atoms with Gasteiger partial charge in [0, 0.05) is 25.2 Å². The molecule has 1 atom stereocenters. The molecule has 1 aliphatic heterocycles. The summed E-state index contributed by atoms with van der Waals surface area (Å²) >= 11 is 0. The topological polar surface area (TPSA) is 78.9 Å². The molecule has 158 valence electrons. The van der Waals surface area contributed by atoms with Crippen molar-refractivity contribution in [3.63, 3.8) is 0 Å². The lowest BCUT2D eigenvalue weighted by atomic mass is 10.0. The van der Waals surface area contributed by atoms with Crippen LogP contribution >= 0.6 is 0 Å². The van der Waals surface area contributed by atoms with E-state index in [0.717, 1.165) is 17.1 Å². The molecule has 0 bridgehead atoms. The Balaban J connectivity index is 1.29. The third kappa shape index (κ3) is 4.59. The average molecular weight is 416 g/mol. The molecule has 0 spiro atoms. The summed E-state index contributed by atoms with van der Waals surface area (Å²) in [6, 6.07) is 26.2. The Bertz CT molecular complexity index is 1040. The predicted octanol–water partition coefficient (Wildman–Crippen LogP) is 3.31. The van der Waals surface area contributed by atoms with E-state index in [4.69, 9.17) is 4.74 Å². The van der Waals surface area contributed by atoms with Crippen molar-refractivity contribution in [2.75, 3.05) is 18.0 Å². The zero-order chi connectivity index (χ0) is 21.7. The molecular weight excluding hydrogens is 392 g/mol. The van der Waals surface area contributed by atoms with Gasteiger partial charge in [-0.25, -0.2) is 0 Å². The summed E-state index contributed by atoms with van der Waals surface area (Å²) in [4.78, 5) is 26.7. The van der Waals surface area contributed by atoms with Crippen LogP contribution in [0, 0.1) is 0 Å². The summed E-state index contributed by atoms with van der Waals surface area (Å²) < 4.78 is 5.77. The summed E-state index contributed by atoms with van der Waals surface area (Å²) in [5.74, 6) is 0.256. The van der Waals surface area contributed by atoms with Gasteiger partial charge in [0.2, 0.25) is 5.60 Å². The summed E-state index contributed by atoms with van der Waals surface area (Å²) in [6.45, 7) is 0.619. The Morgan fingerprint density at radius 2 is 1.55 bits per heavy atom. The summed E-state index contributed by atoms with van der Waals surface area (Å²) in [5, 5.41) is 13.4. The minimum atomic E-state index is -2.02. The molecule has 3 aromatic carbocycles. The van der Waals surface area contributed by atoms with Crippen LogP contribution in [0.3, 0.4) is 0 Å². The predicted molar refractivity (Wildman–Crippen MR) is 118 cm³/mol. The Morgan fingerprint density at radius 3 is 2.23 bits per heavy atom. The van der Waals surface area contributed by atoms with Gasteiger partial charge in [0.05, 0.1) is 0 Å². The largest absolute Gasteiger partial charge is 0.457 e. The third-order valence-electron chi connectivity index (χ3n) is 5.34. The number of para-hydroxylation sites is 2. The molecule has 1 unspecified atom stereocenters. The maximum Gasteiger partial charge on any atom is 0.268 e. The van der Waals surface area contributed by atoms with E-state index >= 15 is 0 Å². The first-order valence-electron chi connectivity index (χ1n) is 10.3. The molecule has 6 nitrogen and oxygen atoms in total. The molecule has 6 heteroatoms. The number of nitrogens with one attached hydrogen (secondary N) is 1. The van der Waals surface area contributed by atoms with Gasteiger partial charge >= 0.3 is 0 Å². The van der Waals surface area contributed by atoms with Crippen LogP contribution in [0.15, 0.2) is 84.9 Å². The average Bonchev–Trinajstić information content (AvgIpc) is 3.12. The molecule has 31 heavy (non-hydrogen) atoms. The number of hydrogen-bond acceptors (Lipinski definition) is 4. The molecule has 3 aromatic rings. The molecule has 0 aliphatic carbocycles. The first-order valence-corrected chi connectivity index (χ1v) is 10.3. The van der Waals surface area contributed by atoms with E-state index in [2.05, 4.69) is 5.32 Å². The molecule has 1 aliphatic rings. The highest BCUT2D eigenvalue weighted by molar-refractivity contribution is 6.16. The lowest BCUT2D eigenvalue weighted by Gasteiger charge is -2.21. The van der Waals surface area contributed by atoms with Crippen LogP contribution in [0.25, 0.3) is 0 Å². The van der Waals surface area contributed by atoms with Gasteiger partial charge in [0.15, 0.2) is 0 Å². The second-order valence-electron chi connectivity index (χ2n) is 7.47. The summed E-state index contributed by atoms with van der Waals surface area (Å²) in [7, 11) is 0. The fraction of sp³-hybridized carbons (Fsp3) is 0.200. The smallest absolute Gasteiger partial charge is 0.268 e. The molecule has 2 N–H and O–H groups in total. The summed E-state index contributed by atoms with van der Waals surface area (Å²) in [6.07, 6.45) is 0.641. The van der Waals surface area contributed by atoms with Crippen LogP contribution in [0.5, 0.6) is 11.5 Å². The molecule has 0 radical (unpaired) electrons. The Labute approximate surface area is 181 Å². The lowest BCUT2D eigenvalue weighted by Crippen LogP contribution is -2.52. The van der Waals surface area contributed by atoms with Crippen molar-refractivity contribution in [3.8, 4) is 11.5 Å². The highest BCUT2D eigenvalue weighted by atomic mass is 16.5. The Morgan fingerprint density at radius 1 is 0.935 bits per heavy atom. The van der Waals surface area contributed by atoms with E-state index in [0.29, 0.717) is 25.2 Å². The number of anilines is 1. The second kappa shape index (κ2) is 9.02. The minimum absolute atomic E-state index is 0.0675. The molecule has 1 saturated heterocycles. The maximum absolute atomic E-state index is 12.7. The van der Waals surface area contributed by atoms with Crippen molar-refractivity contribution in [1.29, 1.82) is 0 Å². The monoisotopic (exact) mass is 416 g/mol. The first-order chi connectivity index (χ1) is 15.1. The zero-order valence-electron chi connectivity index (χ0n) is 17.0. The molecule has 0 saturated carbocycles. The number of carbonyl (C=O) groups is 2. The van der Waals surface area contributed by atoms with E-state index in [-0.39, 0.29) is 6.42 Å². The number of amides is 2. The van der Waals surface area contributed by atoms with Crippen LogP contribution in [0.1, 0.15) is 12.0 Å². The Hall–Kier alpha value is -3.64. The quantitative estimate of drug-likeness (QED) is 0.580. The van der Waals surface area contributed by atoms with Crippen LogP contribution in [0.4, 0.5) is 5.69 Å². The standard InChI is InChI=1S/C25H24N2O4/c28-23(25(30)16-18-27(24(25)29)20-7-3-1-4-8-20)26-17-15-19-11-13-22(14-12-19)31-21-9-5-2-6-10-21/h1-14,30H,15-18H2,(H,26,28). The van der Waals surface area contributed by atoms with Gasteiger partial charge < -0.3 is 20.1 Å². The third-order valence-corrected chi connectivity index (χ3v) is 5.34. The van der Waals surface area contributed by atoms with Gasteiger partial charge in [0.25, 0.3) is 11.8 Å². The molecular formula is C25H24N2O4. The van der Waals surface area contributed by atoms with Gasteiger partial charge in [-0.05, 0) is 48.4 Å². The van der Waals surface area contributed by atoms with Gasteiger partial charge in [0.1, 0.15) is 11.5 Å². The fourth-order valence-corrected chi connectivity index (χ4v) is 3.59. The SMILES string of the molecule is O=C(NCCc1ccc(Oc2ccccc2)cc1)C1(O)CCN(c2ccccc2)C1=O. The second-order valence-corrected chi connectivity index (χ2v) is 7.47. The number of carbonyl (C=O) groups excluding carboxylic acids is 2. The molecule has 2 amide bonds. The van der Waals surface area contributed by atoms with Crippen LogP contribution in [-0.2, 0) is 16.0 Å². The van der Waals surface area contributed by atoms with Crippen molar-refractivity contribution in [2.24, 2.45) is 0 Å². The number of rotatable bonds is 7. The van der Waals surface area contributed by atoms with Crippen LogP contribution in [-0.4, -0.2) is 35.6 Å². The highest BCUT2D eigenvalue weighted by Crippen LogP contribution is 2.28. The van der Waals surface area contributed by atoms with Gasteiger partial charge in [-0.2, -0.15) is 0 Å². The van der Waals surface area contributed by atoms with E-state index in [1.807, 2.05) is 72.8 Å². The molecule has 1 heterocycles. The molecule has 1 fully saturated rings. The first kappa shape index (κ1) is 20.6. The maximum atomic E-state index is 12.7. The van der Waals surface area contributed by atoms with Crippen molar-refractivity contribution >= 4 is 17.5 Å². The number of hydrogen-bond donors (Lipinski definition) is 2. The van der Waals surface area contributed by atoms with E-state index in [1.54, 1.807) is 12.1 Å². The van der Waals surface area contributed by atoms with E-state index < -0.39 is 17.4 Å². The number of nitrogens with zero attached hydrogens (tertiary/aromatic N) is 1. The van der Waals surface area contributed by atoms with Crippen LogP contribution < -0.4 is 15.0 Å². The number of aliphatic hydroxyl groups is 1. The van der Waals surface area contributed by atoms with E-state index in [9.17, 15) is 14.7 Å². The van der Waals surface area contributed by atoms with Gasteiger partial charge in [-0.3, -0.25) is 9.59 Å². The normalized spacial score (nSPS) is 18.1. The number of benzene rings is 3. The van der Waals surface area contributed by atoms with Crippen molar-refractivity contribution in [3.05, 3.63) is 90.5 Å². The zero-order valence-corrected chi connectivity index (χ0v) is 17.0. The molecule has 0 aromatic heterocycles. The minimum Gasteiger partial charge on any atom is -0.457 e. The number of ether oxygens (including phenoxy) is 1. The van der Waals surface area contributed by atoms with Crippen molar-refractivity contribution in [1.82, 2.24) is 5.32 Å².